The molecule has 1 N–H and O–H groups in total. The Labute approximate surface area is 235 Å². The molecule has 1 amide bonds. The van der Waals surface area contributed by atoms with Gasteiger partial charge in [0.1, 0.15) is 5.15 Å². The number of hydrogen-bond donors (Lipinski definition) is 1. The molecule has 1 aliphatic heterocycles. The second-order valence-electron chi connectivity index (χ2n) is 10.2. The van der Waals surface area contributed by atoms with Gasteiger partial charge in [-0.05, 0) is 81.0 Å². The van der Waals surface area contributed by atoms with E-state index in [4.69, 9.17) is 16.3 Å². The van der Waals surface area contributed by atoms with E-state index >= 15 is 0 Å². The molecule has 1 fully saturated rings. The number of aryl methyl sites for hydroxylation is 2. The summed E-state index contributed by atoms with van der Waals surface area (Å²) in [4.78, 5) is 25.8. The molecule has 0 radical (unpaired) electrons. The molecule has 7 nitrogen and oxygen atoms in total. The fourth-order valence-electron chi connectivity index (χ4n) is 5.21. The van der Waals surface area contributed by atoms with Crippen molar-refractivity contribution in [1.29, 1.82) is 0 Å². The Morgan fingerprint density at radius 1 is 1.21 bits per heavy atom. The van der Waals surface area contributed by atoms with Gasteiger partial charge in [-0.1, -0.05) is 11.6 Å². The molecule has 1 saturated heterocycles. The molecule has 1 aliphatic rings. The van der Waals surface area contributed by atoms with Crippen molar-refractivity contribution in [2.45, 2.75) is 58.7 Å². The van der Waals surface area contributed by atoms with Crippen LogP contribution in [-0.4, -0.2) is 59.6 Å². The number of halogens is 2. The van der Waals surface area contributed by atoms with E-state index in [-0.39, 0.29) is 28.7 Å². The summed E-state index contributed by atoms with van der Waals surface area (Å²) in [5.41, 5.74) is 4.39. The first-order chi connectivity index (χ1) is 18.8. The molecule has 0 saturated carbocycles. The number of aromatic nitrogens is 2. The molecule has 39 heavy (non-hydrogen) atoms. The maximum atomic E-state index is 14.7. The van der Waals surface area contributed by atoms with Crippen molar-refractivity contribution >= 4 is 23.2 Å². The van der Waals surface area contributed by atoms with E-state index in [0.717, 1.165) is 49.2 Å². The van der Waals surface area contributed by atoms with Crippen molar-refractivity contribution in [3.63, 3.8) is 0 Å². The molecule has 0 spiro atoms. The zero-order valence-corrected chi connectivity index (χ0v) is 23.8. The first kappa shape index (κ1) is 28.8. The second kappa shape index (κ2) is 13.2. The molecule has 0 unspecified atom stereocenters. The fourth-order valence-corrected chi connectivity index (χ4v) is 5.50. The van der Waals surface area contributed by atoms with Crippen LogP contribution in [-0.2, 0) is 6.54 Å². The van der Waals surface area contributed by atoms with Gasteiger partial charge in [0.25, 0.3) is 5.91 Å². The predicted octanol–water partition coefficient (Wildman–Crippen LogP) is 5.57. The van der Waals surface area contributed by atoms with E-state index in [1.54, 1.807) is 30.6 Å². The van der Waals surface area contributed by atoms with Gasteiger partial charge in [0.05, 0.1) is 12.7 Å². The Bertz CT molecular complexity index is 1260. The van der Waals surface area contributed by atoms with Gasteiger partial charge in [-0.15, -0.1) is 0 Å². The number of benzene rings is 1. The summed E-state index contributed by atoms with van der Waals surface area (Å²) in [7, 11) is 1.48. The van der Waals surface area contributed by atoms with E-state index in [2.05, 4.69) is 38.9 Å². The molecule has 0 bridgehead atoms. The summed E-state index contributed by atoms with van der Waals surface area (Å²) in [5.74, 6) is -0.309. The van der Waals surface area contributed by atoms with Crippen LogP contribution in [0.3, 0.4) is 0 Å². The van der Waals surface area contributed by atoms with E-state index in [1.807, 2.05) is 25.3 Å². The second-order valence-corrected chi connectivity index (χ2v) is 10.6. The average molecular weight is 554 g/mol. The molecule has 3 heterocycles. The number of hydrogen-bond acceptors (Lipinski definition) is 6. The summed E-state index contributed by atoms with van der Waals surface area (Å²) in [6, 6.07) is 9.56. The molecule has 9 heteroatoms. The highest BCUT2D eigenvalue weighted by molar-refractivity contribution is 6.32. The maximum Gasteiger partial charge on any atom is 0.254 e. The van der Waals surface area contributed by atoms with Gasteiger partial charge in [-0.25, -0.2) is 9.37 Å². The first-order valence-corrected chi connectivity index (χ1v) is 13.8. The number of nitrogens with one attached hydrogen (secondary N) is 1. The molecular weight excluding hydrogens is 517 g/mol. The summed E-state index contributed by atoms with van der Waals surface area (Å²) >= 11 is 6.14. The minimum absolute atomic E-state index is 0.190. The standard InChI is InChI=1S/C30H37ClFN5O2/c1-20-7-12-33-18-23(20)19-37(25-5-6-27(39-4)26(32)17-25)24-10-15-36(16-11-24)22(3)9-14-35-30(38)28-21(2)8-13-34-29(28)31/h5-8,12-13,17-18,22,24H,9-11,14-16,19H2,1-4H3,(H,35,38)/t22-/m1/s1. The number of ether oxygens (including phenoxy) is 1. The number of carbonyl (C=O) groups is 1. The average Bonchev–Trinajstić information content (AvgIpc) is 2.92. The smallest absolute Gasteiger partial charge is 0.254 e. The number of amides is 1. The Hall–Kier alpha value is -3.23. The van der Waals surface area contributed by atoms with Crippen LogP contribution in [0.1, 0.15) is 53.2 Å². The Balaban J connectivity index is 1.37. The lowest BCUT2D eigenvalue weighted by Crippen LogP contribution is -2.48. The number of nitrogens with zero attached hydrogens (tertiary/aromatic N) is 4. The third-order valence-corrected chi connectivity index (χ3v) is 7.99. The van der Waals surface area contributed by atoms with Crippen LogP contribution in [0.4, 0.5) is 10.1 Å². The molecule has 208 valence electrons. The highest BCUT2D eigenvalue weighted by Crippen LogP contribution is 2.30. The SMILES string of the molecule is COc1ccc(N(Cc2cnccc2C)C2CCN([C@H](C)CCNC(=O)c3c(C)ccnc3Cl)CC2)cc1F. The minimum Gasteiger partial charge on any atom is -0.494 e. The van der Waals surface area contributed by atoms with E-state index in [9.17, 15) is 9.18 Å². The number of piperidine rings is 1. The van der Waals surface area contributed by atoms with Crippen LogP contribution < -0.4 is 15.0 Å². The lowest BCUT2D eigenvalue weighted by molar-refractivity contribution is 0.0944. The highest BCUT2D eigenvalue weighted by atomic mass is 35.5. The van der Waals surface area contributed by atoms with Gasteiger partial charge < -0.3 is 19.9 Å². The third-order valence-electron chi connectivity index (χ3n) is 7.71. The van der Waals surface area contributed by atoms with Gasteiger partial charge in [-0.2, -0.15) is 0 Å². The Morgan fingerprint density at radius 2 is 1.95 bits per heavy atom. The molecular formula is C30H37ClFN5O2. The molecule has 0 aliphatic carbocycles. The first-order valence-electron chi connectivity index (χ1n) is 13.4. The van der Waals surface area contributed by atoms with Crippen LogP contribution >= 0.6 is 11.6 Å². The van der Waals surface area contributed by atoms with Gasteiger partial charge in [0.15, 0.2) is 11.6 Å². The van der Waals surface area contributed by atoms with Crippen LogP contribution in [0.5, 0.6) is 5.75 Å². The molecule has 3 aromatic rings. The lowest BCUT2D eigenvalue weighted by Gasteiger charge is -2.42. The topological polar surface area (TPSA) is 70.6 Å². The number of anilines is 1. The minimum atomic E-state index is -0.362. The molecule has 1 atom stereocenters. The van der Waals surface area contributed by atoms with Crippen molar-refractivity contribution in [2.24, 2.45) is 0 Å². The molecule has 1 aromatic carbocycles. The van der Waals surface area contributed by atoms with Crippen molar-refractivity contribution < 1.29 is 13.9 Å². The van der Waals surface area contributed by atoms with Crippen LogP contribution in [0.15, 0.2) is 48.9 Å². The monoisotopic (exact) mass is 553 g/mol. The Kier molecular flexibility index (Phi) is 9.75. The highest BCUT2D eigenvalue weighted by Gasteiger charge is 2.28. The zero-order valence-electron chi connectivity index (χ0n) is 23.1. The zero-order chi connectivity index (χ0) is 27.9. The molecule has 4 rings (SSSR count). The summed E-state index contributed by atoms with van der Waals surface area (Å²) < 4.78 is 19.8. The van der Waals surface area contributed by atoms with E-state index in [1.165, 1.54) is 12.7 Å². The van der Waals surface area contributed by atoms with E-state index in [0.29, 0.717) is 24.7 Å². The van der Waals surface area contributed by atoms with Crippen LogP contribution in [0.2, 0.25) is 5.15 Å². The van der Waals surface area contributed by atoms with Crippen molar-refractivity contribution in [1.82, 2.24) is 20.2 Å². The quantitative estimate of drug-likeness (QED) is 0.331. The summed E-state index contributed by atoms with van der Waals surface area (Å²) in [6.45, 7) is 9.20. The third kappa shape index (κ3) is 7.05. The summed E-state index contributed by atoms with van der Waals surface area (Å²) in [6.07, 6.45) is 8.03. The number of carbonyl (C=O) groups excluding carboxylic acids is 1. The van der Waals surface area contributed by atoms with Gasteiger partial charge in [0, 0.05) is 68.6 Å². The normalized spacial score (nSPS) is 15.1. The van der Waals surface area contributed by atoms with Crippen molar-refractivity contribution in [2.75, 3.05) is 31.6 Å². The number of methoxy groups -OCH3 is 1. The van der Waals surface area contributed by atoms with Crippen LogP contribution in [0, 0.1) is 19.7 Å². The van der Waals surface area contributed by atoms with E-state index < -0.39 is 0 Å². The number of rotatable bonds is 10. The van der Waals surface area contributed by atoms with Gasteiger partial charge >= 0.3 is 0 Å². The number of likely N-dealkylation sites (tertiary alicyclic amines) is 1. The maximum absolute atomic E-state index is 14.7. The Morgan fingerprint density at radius 3 is 2.62 bits per heavy atom. The lowest BCUT2D eigenvalue weighted by atomic mass is 9.99. The van der Waals surface area contributed by atoms with Crippen LogP contribution in [0.25, 0.3) is 0 Å². The summed E-state index contributed by atoms with van der Waals surface area (Å²) in [5, 5.41) is 3.22. The fraction of sp³-hybridized carbons (Fsp3) is 0.433. The van der Waals surface area contributed by atoms with Gasteiger partial charge in [-0.3, -0.25) is 9.78 Å². The van der Waals surface area contributed by atoms with Gasteiger partial charge in [0.2, 0.25) is 0 Å². The van der Waals surface area contributed by atoms with Crippen molar-refractivity contribution in [3.05, 3.63) is 82.1 Å². The molecule has 2 aromatic heterocycles. The number of pyridine rings is 2. The predicted molar refractivity (Wildman–Crippen MR) is 153 cm³/mol. The largest absolute Gasteiger partial charge is 0.494 e. The van der Waals surface area contributed by atoms with Crippen molar-refractivity contribution in [3.8, 4) is 5.75 Å².